The largest absolute Gasteiger partial charge is 0.417 e. The van der Waals surface area contributed by atoms with E-state index in [-0.39, 0.29) is 5.56 Å². The predicted octanol–water partition coefficient (Wildman–Crippen LogP) is 29.7. The third kappa shape index (κ3) is 10.9. The second kappa shape index (κ2) is 27.2. The number of nitrogens with zero attached hydrogens (tertiary/aromatic N) is 6. The monoisotopic (exact) mass is 1530 g/mol. The summed E-state index contributed by atoms with van der Waals surface area (Å²) in [6.07, 6.45) is -5.02. The lowest BCUT2D eigenvalue weighted by Crippen LogP contribution is -2.18. The average Bonchev–Trinajstić information content (AvgIpc) is 1.54. The summed E-state index contributed by atoms with van der Waals surface area (Å²) in [7, 11) is 0. The van der Waals surface area contributed by atoms with Crippen LogP contribution >= 0.6 is 0 Å². The molecule has 0 saturated heterocycles. The predicted molar refractivity (Wildman–Crippen MR) is 486 cm³/mol. The zero-order valence-corrected chi connectivity index (χ0v) is 64.0. The van der Waals surface area contributed by atoms with Gasteiger partial charge in [-0.1, -0.05) is 297 Å². The van der Waals surface area contributed by atoms with Gasteiger partial charge in [-0.05, 0) is 182 Å². The molecule has 0 saturated carbocycles. The lowest BCUT2D eigenvalue weighted by Gasteiger charge is -2.32. The van der Waals surface area contributed by atoms with Crippen LogP contribution in [-0.4, -0.2) is 22.8 Å². The highest BCUT2D eigenvalue weighted by atomic mass is 19.4. The molecule has 0 aliphatic rings. The van der Waals surface area contributed by atoms with E-state index in [2.05, 4.69) is 387 Å². The number of halogens is 3. The SMILES string of the molecule is N#Cc1ccc(-c2c(-n3c4ccc(-c5ccccc5)cc4c4cc(-c5ccccc5)ccc43)c(-n3c4ccccc4c4ccccc43)c(-n3c4ccc(-c5ccccc5)cc4c4cc(-c5ccccc5)ccc43)c(-n3c4ccccc4c4ccccc43)c2-n2c3ccc(-c4ccccc4)cc3c3cc(-c4ccccc4)ccc32)cc1C(F)(F)F. The van der Waals surface area contributed by atoms with E-state index < -0.39 is 17.3 Å². The van der Waals surface area contributed by atoms with Crippen molar-refractivity contribution in [3.8, 4) is 112 Å². The Morgan fingerprint density at radius 3 is 0.622 bits per heavy atom. The summed E-state index contributed by atoms with van der Waals surface area (Å²) in [5.74, 6) is 0. The van der Waals surface area contributed by atoms with Crippen LogP contribution in [-0.2, 0) is 6.18 Å². The van der Waals surface area contributed by atoms with Crippen molar-refractivity contribution in [1.29, 1.82) is 5.26 Å². The number of fused-ring (bicyclic) bond motifs is 15. The van der Waals surface area contributed by atoms with Gasteiger partial charge in [0, 0.05) is 59.4 Å². The molecule has 0 aliphatic heterocycles. The Bertz CT molecular complexity index is 7390. The molecule has 6 nitrogen and oxygen atoms in total. The molecule has 558 valence electrons. The summed E-state index contributed by atoms with van der Waals surface area (Å²) < 4.78 is 63.6. The first-order valence-corrected chi connectivity index (χ1v) is 40.1. The molecular formula is C110H67F3N6. The highest BCUT2D eigenvalue weighted by Gasteiger charge is 2.40. The van der Waals surface area contributed by atoms with Gasteiger partial charge in [0.2, 0.25) is 0 Å². The molecule has 5 heterocycles. The molecule has 0 unspecified atom stereocenters. The molecule has 0 radical (unpaired) electrons. The second-order valence-electron chi connectivity index (χ2n) is 30.8. The van der Waals surface area contributed by atoms with Gasteiger partial charge in [-0.25, -0.2) is 0 Å². The van der Waals surface area contributed by atoms with Gasteiger partial charge in [0.05, 0.1) is 101 Å². The van der Waals surface area contributed by atoms with E-state index in [0.717, 1.165) is 181 Å². The van der Waals surface area contributed by atoms with Gasteiger partial charge in [-0.2, -0.15) is 18.4 Å². The Morgan fingerprint density at radius 1 is 0.185 bits per heavy atom. The second-order valence-corrected chi connectivity index (χ2v) is 30.8. The quantitative estimate of drug-likeness (QED) is 0.120. The topological polar surface area (TPSA) is 48.4 Å². The molecule has 5 aromatic heterocycles. The minimum atomic E-state index is -5.02. The normalized spacial score (nSPS) is 12.0. The summed E-state index contributed by atoms with van der Waals surface area (Å²) in [5.41, 5.74) is 22.8. The molecule has 0 N–H and O–H groups in total. The third-order valence-corrected chi connectivity index (χ3v) is 24.3. The van der Waals surface area contributed by atoms with Crippen LogP contribution in [0.2, 0.25) is 0 Å². The lowest BCUT2D eigenvalue weighted by atomic mass is 9.92. The fourth-order valence-corrected chi connectivity index (χ4v) is 19.0. The van der Waals surface area contributed by atoms with Crippen molar-refractivity contribution >= 4 is 109 Å². The Hall–Kier alpha value is -15.8. The zero-order chi connectivity index (χ0) is 79.1. The van der Waals surface area contributed by atoms with Crippen molar-refractivity contribution in [2.24, 2.45) is 0 Å². The summed E-state index contributed by atoms with van der Waals surface area (Å²) in [4.78, 5) is 0. The minimum absolute atomic E-state index is 0.216. The highest BCUT2D eigenvalue weighted by molar-refractivity contribution is 6.21. The molecule has 0 spiro atoms. The van der Waals surface area contributed by atoms with Crippen molar-refractivity contribution in [1.82, 2.24) is 22.8 Å². The number of benzene rings is 18. The van der Waals surface area contributed by atoms with Gasteiger partial charge in [-0.3, -0.25) is 0 Å². The third-order valence-electron chi connectivity index (χ3n) is 24.3. The number of hydrogen-bond acceptors (Lipinski definition) is 1. The van der Waals surface area contributed by atoms with E-state index >= 15 is 13.2 Å². The van der Waals surface area contributed by atoms with Crippen molar-refractivity contribution in [3.05, 3.63) is 418 Å². The molecule has 23 aromatic rings. The van der Waals surface area contributed by atoms with Gasteiger partial charge in [0.1, 0.15) is 0 Å². The van der Waals surface area contributed by atoms with Crippen molar-refractivity contribution in [2.75, 3.05) is 0 Å². The highest BCUT2D eigenvalue weighted by Crippen LogP contribution is 2.56. The van der Waals surface area contributed by atoms with Crippen LogP contribution in [0.15, 0.2) is 406 Å². The maximum Gasteiger partial charge on any atom is 0.417 e. The first kappa shape index (κ1) is 68.8. The summed E-state index contributed by atoms with van der Waals surface area (Å²) in [6.45, 7) is 0. The van der Waals surface area contributed by atoms with Crippen LogP contribution < -0.4 is 0 Å². The average molecular weight is 1530 g/mol. The van der Waals surface area contributed by atoms with Crippen LogP contribution in [0.3, 0.4) is 0 Å². The number of aromatic nitrogens is 5. The smallest absolute Gasteiger partial charge is 0.306 e. The Kier molecular flexibility index (Phi) is 15.7. The molecule has 0 fully saturated rings. The molecule has 0 amide bonds. The zero-order valence-electron chi connectivity index (χ0n) is 64.0. The molecular weight excluding hydrogens is 1460 g/mol. The molecule has 0 bridgehead atoms. The Labute approximate surface area is 682 Å². The number of para-hydroxylation sites is 4. The number of nitriles is 1. The van der Waals surface area contributed by atoms with Crippen LogP contribution in [0.4, 0.5) is 13.2 Å². The summed E-state index contributed by atoms with van der Waals surface area (Å²) in [5, 5.41) is 20.7. The Morgan fingerprint density at radius 2 is 0.387 bits per heavy atom. The van der Waals surface area contributed by atoms with E-state index in [1.54, 1.807) is 6.07 Å². The first-order chi connectivity index (χ1) is 58.7. The van der Waals surface area contributed by atoms with Gasteiger partial charge in [0.15, 0.2) is 0 Å². The minimum Gasteiger partial charge on any atom is -0.306 e. The molecule has 18 aromatic carbocycles. The van der Waals surface area contributed by atoms with Gasteiger partial charge >= 0.3 is 6.18 Å². The van der Waals surface area contributed by atoms with Crippen molar-refractivity contribution in [3.63, 3.8) is 0 Å². The van der Waals surface area contributed by atoms with E-state index in [1.807, 2.05) is 30.3 Å². The molecule has 119 heavy (non-hydrogen) atoms. The van der Waals surface area contributed by atoms with Crippen LogP contribution in [0, 0.1) is 11.3 Å². The fraction of sp³-hybridized carbons (Fsp3) is 0.00909. The van der Waals surface area contributed by atoms with Crippen LogP contribution in [0.1, 0.15) is 11.1 Å². The number of alkyl halides is 3. The molecule has 0 atom stereocenters. The van der Waals surface area contributed by atoms with E-state index in [4.69, 9.17) is 0 Å². The maximum atomic E-state index is 17.2. The van der Waals surface area contributed by atoms with Gasteiger partial charge < -0.3 is 22.8 Å². The summed E-state index contributed by atoms with van der Waals surface area (Å²) >= 11 is 0. The van der Waals surface area contributed by atoms with Crippen molar-refractivity contribution < 1.29 is 13.2 Å². The maximum absolute atomic E-state index is 17.2. The molecule has 0 aliphatic carbocycles. The van der Waals surface area contributed by atoms with Crippen LogP contribution in [0.25, 0.3) is 215 Å². The van der Waals surface area contributed by atoms with Crippen molar-refractivity contribution in [2.45, 2.75) is 6.18 Å². The molecule has 9 heteroatoms. The van der Waals surface area contributed by atoms with Crippen LogP contribution in [0.5, 0.6) is 0 Å². The standard InChI is InChI=1S/C110H67F3N6/c111-110(112,113)93-67-81(47-48-82(93)68-114)104-105(115-98-55-49-75(69-27-7-1-8-28-69)61-87(98)88-62-76(50-56-99(88)115)70-29-9-2-10-30-70)107(117-94-43-23-19-39-83(94)84-40-20-24-44-95(84)117)109(119-102-59-53-79(73-35-15-5-16-36-73)65-91(102)92-66-80(54-60-103(92)119)74-37-17-6-18-38-74)108(118-96-45-25-21-41-85(96)86-42-22-26-46-97(86)118)106(104)116-100-57-51-77(71-31-11-3-12-32-71)63-89(100)90-64-78(52-58-101(90)116)72-33-13-4-14-34-72/h1-67H. The van der Waals surface area contributed by atoms with Gasteiger partial charge in [0.25, 0.3) is 0 Å². The fourth-order valence-electron chi connectivity index (χ4n) is 19.0. The molecule has 23 rings (SSSR count). The first-order valence-electron chi connectivity index (χ1n) is 40.1. The lowest BCUT2D eigenvalue weighted by molar-refractivity contribution is -0.137. The Balaban J connectivity index is 1.06. The van der Waals surface area contributed by atoms with E-state index in [9.17, 15) is 5.26 Å². The number of rotatable bonds is 12. The van der Waals surface area contributed by atoms with E-state index in [1.165, 1.54) is 12.1 Å². The number of hydrogen-bond donors (Lipinski definition) is 0. The summed E-state index contributed by atoms with van der Waals surface area (Å²) in [6, 6.07) is 144. The van der Waals surface area contributed by atoms with E-state index in [0.29, 0.717) is 28.3 Å². The van der Waals surface area contributed by atoms with Gasteiger partial charge in [-0.15, -0.1) is 0 Å².